The first-order valence-corrected chi connectivity index (χ1v) is 5.99. The Morgan fingerprint density at radius 3 is 2.61 bits per heavy atom. The van der Waals surface area contributed by atoms with Gasteiger partial charge in [0.15, 0.2) is 0 Å². The minimum atomic E-state index is -0.373. The first-order chi connectivity index (χ1) is 8.67. The van der Waals surface area contributed by atoms with E-state index in [9.17, 15) is 10.1 Å². The molecule has 1 heterocycles. The van der Waals surface area contributed by atoms with Gasteiger partial charge in [-0.1, -0.05) is 26.0 Å². The molecule has 2 rings (SSSR count). The van der Waals surface area contributed by atoms with Crippen LogP contribution < -0.4 is 0 Å². The fourth-order valence-corrected chi connectivity index (χ4v) is 1.91. The lowest BCUT2D eigenvalue weighted by Gasteiger charge is -2.06. The Morgan fingerprint density at radius 2 is 2.00 bits per heavy atom. The molecule has 0 saturated carbocycles. The summed E-state index contributed by atoms with van der Waals surface area (Å²) in [6, 6.07) is 8.68. The van der Waals surface area contributed by atoms with Crippen molar-refractivity contribution < 1.29 is 4.92 Å². The Morgan fingerprint density at radius 1 is 1.28 bits per heavy atom. The van der Waals surface area contributed by atoms with Crippen LogP contribution in [0.4, 0.5) is 5.69 Å². The topological polar surface area (TPSA) is 61.0 Å². The molecule has 0 spiro atoms. The summed E-state index contributed by atoms with van der Waals surface area (Å²) in [5.41, 5.74) is 2.54. The maximum atomic E-state index is 11.0. The molecule has 1 aromatic carbocycles. The lowest BCUT2D eigenvalue weighted by Crippen LogP contribution is -2.05. The Labute approximate surface area is 105 Å². The third kappa shape index (κ3) is 2.11. The average molecular weight is 245 g/mol. The van der Waals surface area contributed by atoms with E-state index in [-0.39, 0.29) is 10.6 Å². The molecule has 1 aromatic heterocycles. The summed E-state index contributed by atoms with van der Waals surface area (Å²) in [6.45, 7) is 4.03. The summed E-state index contributed by atoms with van der Waals surface area (Å²) >= 11 is 0. The molecule has 0 aliphatic heterocycles. The van der Waals surface area contributed by atoms with E-state index in [4.69, 9.17) is 0 Å². The fraction of sp³-hybridized carbons (Fsp3) is 0.308. The van der Waals surface area contributed by atoms with Gasteiger partial charge in [0.2, 0.25) is 0 Å². The van der Waals surface area contributed by atoms with Gasteiger partial charge in [-0.2, -0.15) is 5.10 Å². The van der Waals surface area contributed by atoms with Gasteiger partial charge in [0.1, 0.15) is 5.69 Å². The first kappa shape index (κ1) is 12.3. The number of nitrogens with zero attached hydrogens (tertiary/aromatic N) is 3. The molecule has 0 radical (unpaired) electrons. The number of benzene rings is 1. The van der Waals surface area contributed by atoms with Crippen LogP contribution >= 0.6 is 0 Å². The van der Waals surface area contributed by atoms with E-state index in [1.54, 1.807) is 22.9 Å². The highest BCUT2D eigenvalue weighted by molar-refractivity contribution is 5.52. The summed E-state index contributed by atoms with van der Waals surface area (Å²) < 4.78 is 1.68. The van der Waals surface area contributed by atoms with Crippen molar-refractivity contribution in [2.75, 3.05) is 0 Å². The van der Waals surface area contributed by atoms with Crippen LogP contribution in [0, 0.1) is 10.1 Å². The number of nitro groups is 1. The fourth-order valence-electron chi connectivity index (χ4n) is 1.91. The Bertz CT molecular complexity index is 575. The molecule has 2 aromatic rings. The molecule has 0 amide bonds. The SMILES string of the molecule is CCc1cc(CC)n(-c2ccccc2[N+](=O)[O-])n1. The highest BCUT2D eigenvalue weighted by atomic mass is 16.6. The Kier molecular flexibility index (Phi) is 3.41. The molecule has 5 heteroatoms. The number of aromatic nitrogens is 2. The summed E-state index contributed by atoms with van der Waals surface area (Å²) in [6.07, 6.45) is 1.61. The van der Waals surface area contributed by atoms with Gasteiger partial charge in [0, 0.05) is 11.8 Å². The number of para-hydroxylation sites is 2. The molecule has 94 valence electrons. The van der Waals surface area contributed by atoms with Crippen molar-refractivity contribution >= 4 is 5.69 Å². The molecule has 0 aliphatic rings. The van der Waals surface area contributed by atoms with Crippen molar-refractivity contribution in [1.29, 1.82) is 0 Å². The minimum Gasteiger partial charge on any atom is -0.258 e. The monoisotopic (exact) mass is 245 g/mol. The van der Waals surface area contributed by atoms with Crippen LogP contribution in [0.2, 0.25) is 0 Å². The number of nitro benzene ring substituents is 1. The van der Waals surface area contributed by atoms with E-state index < -0.39 is 0 Å². The van der Waals surface area contributed by atoms with Gasteiger partial charge in [0.25, 0.3) is 5.69 Å². The van der Waals surface area contributed by atoms with Gasteiger partial charge in [-0.15, -0.1) is 0 Å². The second-order valence-corrected chi connectivity index (χ2v) is 3.99. The maximum absolute atomic E-state index is 11.0. The highest BCUT2D eigenvalue weighted by Crippen LogP contribution is 2.23. The zero-order chi connectivity index (χ0) is 13.1. The van der Waals surface area contributed by atoms with Crippen molar-refractivity contribution in [1.82, 2.24) is 9.78 Å². The Hall–Kier alpha value is -2.17. The van der Waals surface area contributed by atoms with Crippen LogP contribution in [0.1, 0.15) is 25.2 Å². The molecule has 5 nitrogen and oxygen atoms in total. The highest BCUT2D eigenvalue weighted by Gasteiger charge is 2.17. The van der Waals surface area contributed by atoms with E-state index in [2.05, 4.69) is 5.10 Å². The molecule has 0 bridgehead atoms. The van der Waals surface area contributed by atoms with Gasteiger partial charge < -0.3 is 0 Å². The summed E-state index contributed by atoms with van der Waals surface area (Å²) in [5.74, 6) is 0. The van der Waals surface area contributed by atoms with Gasteiger partial charge in [-0.25, -0.2) is 4.68 Å². The maximum Gasteiger partial charge on any atom is 0.294 e. The van der Waals surface area contributed by atoms with Crippen LogP contribution in [0.5, 0.6) is 0 Å². The van der Waals surface area contributed by atoms with E-state index in [1.807, 2.05) is 19.9 Å². The minimum absolute atomic E-state index is 0.0814. The third-order valence-corrected chi connectivity index (χ3v) is 2.86. The van der Waals surface area contributed by atoms with E-state index in [0.717, 1.165) is 24.2 Å². The van der Waals surface area contributed by atoms with Crippen molar-refractivity contribution in [2.24, 2.45) is 0 Å². The van der Waals surface area contributed by atoms with Gasteiger partial charge >= 0.3 is 0 Å². The van der Waals surface area contributed by atoms with Crippen LogP contribution in [0.25, 0.3) is 5.69 Å². The zero-order valence-electron chi connectivity index (χ0n) is 10.5. The van der Waals surface area contributed by atoms with Gasteiger partial charge in [-0.3, -0.25) is 10.1 Å². The van der Waals surface area contributed by atoms with Crippen molar-refractivity contribution in [2.45, 2.75) is 26.7 Å². The molecule has 18 heavy (non-hydrogen) atoms. The second-order valence-electron chi connectivity index (χ2n) is 3.99. The lowest BCUT2D eigenvalue weighted by molar-refractivity contribution is -0.384. The summed E-state index contributed by atoms with van der Waals surface area (Å²) in [4.78, 5) is 10.7. The zero-order valence-corrected chi connectivity index (χ0v) is 10.5. The number of aryl methyl sites for hydroxylation is 2. The average Bonchev–Trinajstić information content (AvgIpc) is 2.81. The van der Waals surface area contributed by atoms with Gasteiger partial charge in [0.05, 0.1) is 10.6 Å². The molecular weight excluding hydrogens is 230 g/mol. The Balaban J connectivity index is 2.61. The molecule has 0 fully saturated rings. The smallest absolute Gasteiger partial charge is 0.258 e. The predicted molar refractivity (Wildman–Crippen MR) is 69.0 cm³/mol. The summed E-state index contributed by atoms with van der Waals surface area (Å²) in [7, 11) is 0. The number of hydrogen-bond donors (Lipinski definition) is 0. The van der Waals surface area contributed by atoms with Crippen molar-refractivity contribution in [3.05, 3.63) is 51.8 Å². The second kappa shape index (κ2) is 5.00. The van der Waals surface area contributed by atoms with Crippen LogP contribution in [-0.2, 0) is 12.8 Å². The molecule has 0 N–H and O–H groups in total. The predicted octanol–water partition coefficient (Wildman–Crippen LogP) is 2.91. The quantitative estimate of drug-likeness (QED) is 0.614. The van der Waals surface area contributed by atoms with E-state index in [0.29, 0.717) is 5.69 Å². The van der Waals surface area contributed by atoms with Crippen molar-refractivity contribution in [3.63, 3.8) is 0 Å². The standard InChI is InChI=1S/C13H15N3O2/c1-3-10-9-11(4-2)15(14-10)12-7-5-6-8-13(12)16(17)18/h5-9H,3-4H2,1-2H3. The molecular formula is C13H15N3O2. The van der Waals surface area contributed by atoms with E-state index >= 15 is 0 Å². The summed E-state index contributed by atoms with van der Waals surface area (Å²) in [5, 5.41) is 15.5. The number of rotatable bonds is 4. The van der Waals surface area contributed by atoms with Crippen LogP contribution in [0.15, 0.2) is 30.3 Å². The first-order valence-electron chi connectivity index (χ1n) is 5.99. The van der Waals surface area contributed by atoms with Crippen LogP contribution in [-0.4, -0.2) is 14.7 Å². The molecule has 0 saturated heterocycles. The molecule has 0 aliphatic carbocycles. The molecule has 0 unspecified atom stereocenters. The van der Waals surface area contributed by atoms with Gasteiger partial charge in [-0.05, 0) is 25.0 Å². The molecule has 0 atom stereocenters. The normalized spacial score (nSPS) is 10.6. The lowest BCUT2D eigenvalue weighted by atomic mass is 10.2. The third-order valence-electron chi connectivity index (χ3n) is 2.86. The van der Waals surface area contributed by atoms with Crippen molar-refractivity contribution in [3.8, 4) is 5.69 Å². The van der Waals surface area contributed by atoms with E-state index in [1.165, 1.54) is 6.07 Å². The largest absolute Gasteiger partial charge is 0.294 e. The van der Waals surface area contributed by atoms with Crippen LogP contribution in [0.3, 0.4) is 0 Å². The number of hydrogen-bond acceptors (Lipinski definition) is 3.